The molecule has 0 fully saturated rings. The van der Waals surface area contributed by atoms with Crippen LogP contribution >= 0.6 is 24.0 Å². The van der Waals surface area contributed by atoms with E-state index >= 15 is 0 Å². The van der Waals surface area contributed by atoms with E-state index < -0.39 is 11.7 Å². The molecule has 1 aromatic heterocycles. The number of guanidine groups is 1. The first kappa shape index (κ1) is 20.2. The van der Waals surface area contributed by atoms with Crippen molar-refractivity contribution in [1.82, 2.24) is 15.6 Å². The van der Waals surface area contributed by atoms with Crippen LogP contribution in [0, 0.1) is 0 Å². The molecule has 8 heteroatoms. The van der Waals surface area contributed by atoms with Crippen molar-refractivity contribution in [1.29, 1.82) is 0 Å². The highest BCUT2D eigenvalue weighted by atomic mass is 127. The number of nitrogens with one attached hydrogen (secondary N) is 2. The fourth-order valence-electron chi connectivity index (χ4n) is 1.94. The van der Waals surface area contributed by atoms with E-state index in [0.29, 0.717) is 18.1 Å². The number of halogens is 4. The van der Waals surface area contributed by atoms with Gasteiger partial charge in [0.25, 0.3) is 0 Å². The Labute approximate surface area is 155 Å². The quantitative estimate of drug-likeness (QED) is 0.426. The van der Waals surface area contributed by atoms with E-state index in [1.54, 1.807) is 19.3 Å². The zero-order valence-corrected chi connectivity index (χ0v) is 15.3. The average Bonchev–Trinajstić information content (AvgIpc) is 2.55. The van der Waals surface area contributed by atoms with E-state index in [4.69, 9.17) is 0 Å². The van der Waals surface area contributed by atoms with E-state index in [1.165, 1.54) is 6.07 Å². The number of nitrogens with zero attached hydrogens (tertiary/aromatic N) is 2. The first-order valence-corrected chi connectivity index (χ1v) is 6.99. The van der Waals surface area contributed by atoms with Gasteiger partial charge in [0.15, 0.2) is 5.96 Å². The normalized spacial score (nSPS) is 11.6. The first-order chi connectivity index (χ1) is 11.0. The van der Waals surface area contributed by atoms with Crippen LogP contribution in [0.1, 0.15) is 16.8 Å². The zero-order valence-electron chi connectivity index (χ0n) is 13.0. The molecule has 2 rings (SSSR count). The standard InChI is InChI=1S/C16H17F3N4.HI/c1-20-15(23-11-14-7-2-3-8-21-14)22-10-12-5-4-6-13(9-12)16(17,18)19;/h2-9H,10-11H2,1H3,(H2,20,22,23);1H. The molecule has 0 aliphatic heterocycles. The molecule has 0 amide bonds. The zero-order chi connectivity index (χ0) is 16.7. The van der Waals surface area contributed by atoms with Gasteiger partial charge in [-0.25, -0.2) is 0 Å². The summed E-state index contributed by atoms with van der Waals surface area (Å²) in [5, 5.41) is 6.03. The van der Waals surface area contributed by atoms with Crippen molar-refractivity contribution >= 4 is 29.9 Å². The van der Waals surface area contributed by atoms with Crippen LogP contribution in [0.25, 0.3) is 0 Å². The van der Waals surface area contributed by atoms with Crippen LogP contribution in [0.5, 0.6) is 0 Å². The smallest absolute Gasteiger partial charge is 0.352 e. The average molecular weight is 450 g/mol. The lowest BCUT2D eigenvalue weighted by Crippen LogP contribution is -2.36. The van der Waals surface area contributed by atoms with Crippen molar-refractivity contribution in [2.24, 2.45) is 4.99 Å². The maximum Gasteiger partial charge on any atom is 0.416 e. The molecule has 0 saturated heterocycles. The van der Waals surface area contributed by atoms with E-state index in [9.17, 15) is 13.2 Å². The minimum atomic E-state index is -4.34. The summed E-state index contributed by atoms with van der Waals surface area (Å²) in [6, 6.07) is 10.8. The molecule has 130 valence electrons. The van der Waals surface area contributed by atoms with E-state index in [-0.39, 0.29) is 30.5 Å². The summed E-state index contributed by atoms with van der Waals surface area (Å²) in [5.41, 5.74) is 0.711. The van der Waals surface area contributed by atoms with Crippen molar-refractivity contribution in [3.8, 4) is 0 Å². The van der Waals surface area contributed by atoms with Crippen LogP contribution in [0.2, 0.25) is 0 Å². The molecule has 0 aliphatic rings. The van der Waals surface area contributed by atoms with Crippen LogP contribution in [-0.2, 0) is 19.3 Å². The van der Waals surface area contributed by atoms with Gasteiger partial charge in [0, 0.05) is 19.8 Å². The minimum absolute atomic E-state index is 0. The number of pyridine rings is 1. The lowest BCUT2D eigenvalue weighted by atomic mass is 10.1. The Bertz CT molecular complexity index is 660. The number of rotatable bonds is 4. The molecule has 0 aliphatic carbocycles. The van der Waals surface area contributed by atoms with Gasteiger partial charge >= 0.3 is 6.18 Å². The second-order valence-corrected chi connectivity index (χ2v) is 4.80. The van der Waals surface area contributed by atoms with Crippen LogP contribution in [0.15, 0.2) is 53.7 Å². The summed E-state index contributed by atoms with van der Waals surface area (Å²) in [6.07, 6.45) is -2.65. The van der Waals surface area contributed by atoms with E-state index in [2.05, 4.69) is 20.6 Å². The molecule has 0 radical (unpaired) electrons. The highest BCUT2D eigenvalue weighted by Crippen LogP contribution is 2.29. The van der Waals surface area contributed by atoms with Crippen LogP contribution in [0.4, 0.5) is 13.2 Å². The van der Waals surface area contributed by atoms with Crippen LogP contribution < -0.4 is 10.6 Å². The fourth-order valence-corrected chi connectivity index (χ4v) is 1.94. The lowest BCUT2D eigenvalue weighted by Gasteiger charge is -2.13. The summed E-state index contributed by atoms with van der Waals surface area (Å²) in [5.74, 6) is 0.494. The second kappa shape index (κ2) is 9.45. The monoisotopic (exact) mass is 450 g/mol. The largest absolute Gasteiger partial charge is 0.416 e. The fraction of sp³-hybridized carbons (Fsp3) is 0.250. The molecule has 0 spiro atoms. The van der Waals surface area contributed by atoms with Gasteiger partial charge in [-0.15, -0.1) is 24.0 Å². The molecule has 4 nitrogen and oxygen atoms in total. The highest BCUT2D eigenvalue weighted by molar-refractivity contribution is 14.0. The maximum atomic E-state index is 12.7. The summed E-state index contributed by atoms with van der Waals surface area (Å²) in [6.45, 7) is 0.717. The van der Waals surface area contributed by atoms with Gasteiger partial charge in [0.1, 0.15) is 0 Å². The van der Waals surface area contributed by atoms with Crippen LogP contribution in [0.3, 0.4) is 0 Å². The Balaban J connectivity index is 0.00000288. The van der Waals surface area contributed by atoms with Gasteiger partial charge in [-0.3, -0.25) is 9.98 Å². The number of aliphatic imine (C=N–C) groups is 1. The molecule has 0 unspecified atom stereocenters. The third-order valence-corrected chi connectivity index (χ3v) is 3.10. The number of hydrogen-bond donors (Lipinski definition) is 2. The SMILES string of the molecule is CN=C(NCc1cccc(C(F)(F)F)c1)NCc1ccccn1.I. The summed E-state index contributed by atoms with van der Waals surface area (Å²) in [4.78, 5) is 8.21. The predicted octanol–water partition coefficient (Wildman–Crippen LogP) is 3.58. The number of alkyl halides is 3. The molecule has 0 atom stereocenters. The van der Waals surface area contributed by atoms with Gasteiger partial charge in [-0.05, 0) is 29.8 Å². The number of benzene rings is 1. The summed E-state index contributed by atoms with van der Waals surface area (Å²) >= 11 is 0. The molecule has 0 saturated carbocycles. The van der Waals surface area contributed by atoms with Crippen LogP contribution in [-0.4, -0.2) is 18.0 Å². The van der Waals surface area contributed by atoms with Gasteiger partial charge in [0.2, 0.25) is 0 Å². The Morgan fingerprint density at radius 2 is 1.83 bits per heavy atom. The molecular formula is C16H18F3IN4. The maximum absolute atomic E-state index is 12.7. The first-order valence-electron chi connectivity index (χ1n) is 6.99. The van der Waals surface area contributed by atoms with Crippen molar-refractivity contribution < 1.29 is 13.2 Å². The Hall–Kier alpha value is -1.84. The van der Waals surface area contributed by atoms with Gasteiger partial charge in [-0.2, -0.15) is 13.2 Å². The second-order valence-electron chi connectivity index (χ2n) is 4.80. The molecular weight excluding hydrogens is 432 g/mol. The number of aromatic nitrogens is 1. The predicted molar refractivity (Wildman–Crippen MR) is 98.1 cm³/mol. The molecule has 0 bridgehead atoms. The lowest BCUT2D eigenvalue weighted by molar-refractivity contribution is -0.137. The minimum Gasteiger partial charge on any atom is -0.352 e. The van der Waals surface area contributed by atoms with Crippen molar-refractivity contribution in [3.63, 3.8) is 0 Å². The van der Waals surface area contributed by atoms with Crippen molar-refractivity contribution in [2.45, 2.75) is 19.3 Å². The van der Waals surface area contributed by atoms with Crippen molar-refractivity contribution in [3.05, 3.63) is 65.5 Å². The highest BCUT2D eigenvalue weighted by Gasteiger charge is 2.30. The third-order valence-electron chi connectivity index (χ3n) is 3.10. The topological polar surface area (TPSA) is 49.3 Å². The molecule has 2 aromatic rings. The molecule has 1 aromatic carbocycles. The number of hydrogen-bond acceptors (Lipinski definition) is 2. The van der Waals surface area contributed by atoms with E-state index in [0.717, 1.165) is 17.8 Å². The van der Waals surface area contributed by atoms with Crippen molar-refractivity contribution in [2.75, 3.05) is 7.05 Å². The van der Waals surface area contributed by atoms with Gasteiger partial charge in [0.05, 0.1) is 17.8 Å². The Morgan fingerprint density at radius 1 is 1.08 bits per heavy atom. The van der Waals surface area contributed by atoms with Gasteiger partial charge in [-0.1, -0.05) is 18.2 Å². The summed E-state index contributed by atoms with van der Waals surface area (Å²) in [7, 11) is 1.60. The third kappa shape index (κ3) is 6.34. The Kier molecular flexibility index (Phi) is 7.96. The molecule has 24 heavy (non-hydrogen) atoms. The van der Waals surface area contributed by atoms with Gasteiger partial charge < -0.3 is 10.6 Å². The summed E-state index contributed by atoms with van der Waals surface area (Å²) < 4.78 is 38.0. The Morgan fingerprint density at radius 3 is 2.46 bits per heavy atom. The molecule has 1 heterocycles. The van der Waals surface area contributed by atoms with E-state index in [1.807, 2.05) is 18.2 Å². The molecule has 2 N–H and O–H groups in total.